The summed E-state index contributed by atoms with van der Waals surface area (Å²) >= 11 is 0. The van der Waals surface area contributed by atoms with Gasteiger partial charge < -0.3 is 20.7 Å². The number of nitrogens with one attached hydrogen (secondary N) is 3. The topological polar surface area (TPSA) is 78.0 Å². The minimum Gasteiger partial charge on any atom is -0.379 e. The molecule has 0 saturated carbocycles. The summed E-state index contributed by atoms with van der Waals surface area (Å²) in [7, 11) is 0. The van der Waals surface area contributed by atoms with E-state index in [-0.39, 0.29) is 17.4 Å². The fourth-order valence-corrected chi connectivity index (χ4v) is 2.45. The largest absolute Gasteiger partial charge is 0.379 e. The second-order valence-electron chi connectivity index (χ2n) is 6.98. The summed E-state index contributed by atoms with van der Waals surface area (Å²) in [5.41, 5.74) is -0.00199. The third kappa shape index (κ3) is 7.49. The molecule has 0 aromatic heterocycles. The average Bonchev–Trinajstić information content (AvgIpc) is 2.56. The van der Waals surface area contributed by atoms with Gasteiger partial charge in [0.1, 0.15) is 0 Å². The van der Waals surface area contributed by atoms with Crippen LogP contribution in [0.2, 0.25) is 0 Å². The third-order valence-corrected chi connectivity index (χ3v) is 4.08. The van der Waals surface area contributed by atoms with Crippen molar-refractivity contribution in [3.63, 3.8) is 0 Å². The Morgan fingerprint density at radius 3 is 2.38 bits per heavy atom. The zero-order valence-corrected chi connectivity index (χ0v) is 15.9. The Bertz CT molecular complexity index is 404. The van der Waals surface area contributed by atoms with Gasteiger partial charge in [0, 0.05) is 44.2 Å². The molecule has 0 radical (unpaired) electrons. The predicted octanol–water partition coefficient (Wildman–Crippen LogP) is 0.425. The molecule has 0 atom stereocenters. The molecular formula is C17H35N5O2. The van der Waals surface area contributed by atoms with E-state index < -0.39 is 0 Å². The minimum absolute atomic E-state index is 0.00199. The van der Waals surface area contributed by atoms with Crippen LogP contribution in [0.1, 0.15) is 34.6 Å². The maximum Gasteiger partial charge on any atom is 0.222 e. The van der Waals surface area contributed by atoms with Crippen molar-refractivity contribution in [2.24, 2.45) is 10.9 Å². The Morgan fingerprint density at radius 2 is 1.79 bits per heavy atom. The molecular weight excluding hydrogens is 306 g/mol. The highest BCUT2D eigenvalue weighted by molar-refractivity contribution is 5.80. The van der Waals surface area contributed by atoms with E-state index in [2.05, 4.69) is 34.7 Å². The van der Waals surface area contributed by atoms with Crippen molar-refractivity contribution < 1.29 is 9.53 Å². The van der Waals surface area contributed by atoms with Crippen LogP contribution in [0.5, 0.6) is 0 Å². The smallest absolute Gasteiger partial charge is 0.222 e. The molecule has 1 rings (SSSR count). The summed E-state index contributed by atoms with van der Waals surface area (Å²) in [6.07, 6.45) is 0. The summed E-state index contributed by atoms with van der Waals surface area (Å²) in [5, 5.41) is 9.42. The van der Waals surface area contributed by atoms with Crippen molar-refractivity contribution in [1.82, 2.24) is 20.9 Å². The first kappa shape index (κ1) is 20.7. The van der Waals surface area contributed by atoms with E-state index in [0.717, 1.165) is 38.8 Å². The van der Waals surface area contributed by atoms with Crippen LogP contribution >= 0.6 is 0 Å². The van der Waals surface area contributed by atoms with Gasteiger partial charge in [-0.2, -0.15) is 0 Å². The Labute approximate surface area is 146 Å². The van der Waals surface area contributed by atoms with E-state index in [1.165, 1.54) is 0 Å². The van der Waals surface area contributed by atoms with Crippen molar-refractivity contribution in [1.29, 1.82) is 0 Å². The maximum absolute atomic E-state index is 11.5. The standard InChI is InChI=1S/C17H35N5O2/c1-6-18-16(20-8-7-19-15(23)14(2)3)21-13-17(4,5)22-9-11-24-12-10-22/h14H,6-13H2,1-5H3,(H,19,23)(H2,18,20,21). The molecule has 0 aromatic rings. The number of hydrogen-bond acceptors (Lipinski definition) is 4. The fraction of sp³-hybridized carbons (Fsp3) is 0.882. The molecule has 0 aromatic carbocycles. The molecule has 7 nitrogen and oxygen atoms in total. The van der Waals surface area contributed by atoms with Crippen LogP contribution < -0.4 is 16.0 Å². The van der Waals surface area contributed by atoms with Gasteiger partial charge in [-0.05, 0) is 20.8 Å². The van der Waals surface area contributed by atoms with E-state index in [1.807, 2.05) is 20.8 Å². The lowest BCUT2D eigenvalue weighted by atomic mass is 10.0. The maximum atomic E-state index is 11.5. The second-order valence-corrected chi connectivity index (χ2v) is 6.98. The van der Waals surface area contributed by atoms with Gasteiger partial charge in [0.25, 0.3) is 0 Å². The highest BCUT2D eigenvalue weighted by atomic mass is 16.5. The lowest BCUT2D eigenvalue weighted by Crippen LogP contribution is -2.52. The Morgan fingerprint density at radius 1 is 1.17 bits per heavy atom. The van der Waals surface area contributed by atoms with E-state index in [0.29, 0.717) is 19.6 Å². The molecule has 1 amide bonds. The van der Waals surface area contributed by atoms with Gasteiger partial charge in [-0.15, -0.1) is 0 Å². The minimum atomic E-state index is -0.00199. The predicted molar refractivity (Wildman–Crippen MR) is 98.3 cm³/mol. The lowest BCUT2D eigenvalue weighted by Gasteiger charge is -2.39. The highest BCUT2D eigenvalue weighted by Gasteiger charge is 2.28. The molecule has 7 heteroatoms. The number of carbonyl (C=O) groups excluding carboxylic acids is 1. The number of rotatable bonds is 8. The van der Waals surface area contributed by atoms with E-state index >= 15 is 0 Å². The molecule has 0 unspecified atom stereocenters. The number of ether oxygens (including phenoxy) is 1. The van der Waals surface area contributed by atoms with E-state index in [4.69, 9.17) is 9.73 Å². The molecule has 1 aliphatic heterocycles. The van der Waals surface area contributed by atoms with Crippen LogP contribution in [0.4, 0.5) is 0 Å². The number of hydrogen-bond donors (Lipinski definition) is 3. The van der Waals surface area contributed by atoms with Crippen molar-refractivity contribution in [2.75, 3.05) is 52.5 Å². The fourth-order valence-electron chi connectivity index (χ4n) is 2.45. The number of nitrogens with zero attached hydrogens (tertiary/aromatic N) is 2. The normalized spacial score (nSPS) is 17.0. The molecule has 0 aliphatic carbocycles. The molecule has 1 fully saturated rings. The summed E-state index contributed by atoms with van der Waals surface area (Å²) in [6.45, 7) is 16.5. The first-order valence-corrected chi connectivity index (χ1v) is 8.99. The zero-order valence-electron chi connectivity index (χ0n) is 15.9. The monoisotopic (exact) mass is 341 g/mol. The molecule has 24 heavy (non-hydrogen) atoms. The van der Waals surface area contributed by atoms with Crippen molar-refractivity contribution in [2.45, 2.75) is 40.2 Å². The molecule has 1 heterocycles. The number of amides is 1. The first-order valence-electron chi connectivity index (χ1n) is 8.99. The van der Waals surface area contributed by atoms with Gasteiger partial charge in [0.05, 0.1) is 19.8 Å². The van der Waals surface area contributed by atoms with Crippen LogP contribution in [0.3, 0.4) is 0 Å². The number of guanidine groups is 1. The van der Waals surface area contributed by atoms with Crippen LogP contribution in [0, 0.1) is 5.92 Å². The number of carbonyl (C=O) groups is 1. The average molecular weight is 342 g/mol. The molecule has 1 saturated heterocycles. The summed E-state index contributed by atoms with van der Waals surface area (Å²) in [5.74, 6) is 0.881. The van der Waals surface area contributed by atoms with Gasteiger partial charge in [-0.25, -0.2) is 0 Å². The number of aliphatic imine (C=N–C) groups is 1. The molecule has 1 aliphatic rings. The summed E-state index contributed by atoms with van der Waals surface area (Å²) in [6, 6.07) is 0. The van der Waals surface area contributed by atoms with Gasteiger partial charge >= 0.3 is 0 Å². The van der Waals surface area contributed by atoms with Crippen molar-refractivity contribution in [3.8, 4) is 0 Å². The van der Waals surface area contributed by atoms with Crippen molar-refractivity contribution in [3.05, 3.63) is 0 Å². The zero-order chi connectivity index (χ0) is 18.0. The SMILES string of the molecule is CCNC(=NCC(C)(C)N1CCOCC1)NCCNC(=O)C(C)C. The first-order chi connectivity index (χ1) is 11.4. The Kier molecular flexibility index (Phi) is 9.07. The van der Waals surface area contributed by atoms with Crippen LogP contribution in [-0.4, -0.2) is 74.8 Å². The number of morpholine rings is 1. The second kappa shape index (κ2) is 10.5. The molecule has 3 N–H and O–H groups in total. The Hall–Kier alpha value is -1.34. The van der Waals surface area contributed by atoms with Crippen LogP contribution in [0.25, 0.3) is 0 Å². The van der Waals surface area contributed by atoms with Gasteiger partial charge in [-0.3, -0.25) is 14.7 Å². The van der Waals surface area contributed by atoms with Gasteiger partial charge in [0.2, 0.25) is 5.91 Å². The molecule has 0 bridgehead atoms. The van der Waals surface area contributed by atoms with Gasteiger partial charge in [0.15, 0.2) is 5.96 Å². The van der Waals surface area contributed by atoms with Crippen LogP contribution in [0.15, 0.2) is 4.99 Å². The van der Waals surface area contributed by atoms with Crippen molar-refractivity contribution >= 4 is 11.9 Å². The Balaban J connectivity index is 2.44. The molecule has 140 valence electrons. The summed E-state index contributed by atoms with van der Waals surface area (Å²) < 4.78 is 5.42. The van der Waals surface area contributed by atoms with Crippen LogP contribution in [-0.2, 0) is 9.53 Å². The summed E-state index contributed by atoms with van der Waals surface area (Å²) in [4.78, 5) is 18.7. The molecule has 0 spiro atoms. The van der Waals surface area contributed by atoms with E-state index in [9.17, 15) is 4.79 Å². The van der Waals surface area contributed by atoms with Gasteiger partial charge in [-0.1, -0.05) is 13.8 Å². The van der Waals surface area contributed by atoms with E-state index in [1.54, 1.807) is 0 Å². The highest BCUT2D eigenvalue weighted by Crippen LogP contribution is 2.16. The third-order valence-electron chi connectivity index (χ3n) is 4.08. The lowest BCUT2D eigenvalue weighted by molar-refractivity contribution is -0.123. The quantitative estimate of drug-likeness (QED) is 0.339.